The quantitative estimate of drug-likeness (QED) is 0.773. The fourth-order valence-corrected chi connectivity index (χ4v) is 4.31. The number of nitrogens with one attached hydrogen (secondary N) is 2. The van der Waals surface area contributed by atoms with Crippen LogP contribution < -0.4 is 10.6 Å². The summed E-state index contributed by atoms with van der Waals surface area (Å²) < 4.78 is 26.8. The molecule has 1 amide bonds. The number of rotatable bonds is 6. The van der Waals surface area contributed by atoms with Crippen LogP contribution in [-0.4, -0.2) is 51.4 Å². The van der Waals surface area contributed by atoms with Gasteiger partial charge in [0, 0.05) is 31.6 Å². The molecule has 0 bridgehead atoms. The number of hydrogen-bond donors (Lipinski definition) is 2. The lowest BCUT2D eigenvalue weighted by molar-refractivity contribution is -0.125. The minimum absolute atomic E-state index is 0. The Morgan fingerprint density at radius 3 is 2.32 bits per heavy atom. The maximum absolute atomic E-state index is 12.7. The lowest BCUT2D eigenvalue weighted by Crippen LogP contribution is -2.48. The minimum Gasteiger partial charge on any atom is -0.353 e. The van der Waals surface area contributed by atoms with Crippen molar-refractivity contribution in [3.63, 3.8) is 0 Å². The van der Waals surface area contributed by atoms with Crippen LogP contribution in [0.15, 0.2) is 29.2 Å². The smallest absolute Gasteiger partial charge is 0.243 e. The zero-order valence-electron chi connectivity index (χ0n) is 15.0. The van der Waals surface area contributed by atoms with Gasteiger partial charge >= 0.3 is 0 Å². The second-order valence-corrected chi connectivity index (χ2v) is 8.40. The maximum atomic E-state index is 12.7. The van der Waals surface area contributed by atoms with Crippen LogP contribution in [0.4, 0.5) is 0 Å². The molecule has 0 aliphatic carbocycles. The molecule has 1 aliphatic rings. The number of carbonyl (C=O) groups is 1. The van der Waals surface area contributed by atoms with Crippen molar-refractivity contribution in [3.8, 4) is 0 Å². The molecular weight excluding hydrogens is 362 g/mol. The minimum atomic E-state index is -3.45. The molecule has 1 saturated heterocycles. The van der Waals surface area contributed by atoms with Crippen LogP contribution in [0.25, 0.3) is 0 Å². The fourth-order valence-electron chi connectivity index (χ4n) is 2.84. The van der Waals surface area contributed by atoms with E-state index in [-0.39, 0.29) is 30.3 Å². The van der Waals surface area contributed by atoms with E-state index in [4.69, 9.17) is 0 Å². The molecule has 1 aromatic rings. The van der Waals surface area contributed by atoms with Crippen LogP contribution in [0.2, 0.25) is 0 Å². The first-order valence-electron chi connectivity index (χ1n) is 8.36. The molecule has 2 N–H and O–H groups in total. The molecule has 8 heteroatoms. The highest BCUT2D eigenvalue weighted by atomic mass is 35.5. The van der Waals surface area contributed by atoms with E-state index in [9.17, 15) is 13.2 Å². The van der Waals surface area contributed by atoms with Crippen molar-refractivity contribution in [2.24, 2.45) is 5.92 Å². The van der Waals surface area contributed by atoms with Crippen molar-refractivity contribution < 1.29 is 13.2 Å². The Labute approximate surface area is 156 Å². The number of hydrogen-bond acceptors (Lipinski definition) is 4. The van der Waals surface area contributed by atoms with Crippen LogP contribution in [-0.2, 0) is 14.8 Å². The molecule has 25 heavy (non-hydrogen) atoms. The second kappa shape index (κ2) is 9.52. The van der Waals surface area contributed by atoms with Gasteiger partial charge in [-0.15, -0.1) is 12.4 Å². The van der Waals surface area contributed by atoms with E-state index in [1.54, 1.807) is 12.1 Å². The number of carbonyl (C=O) groups excluding carboxylic acids is 1. The number of nitrogens with zero attached hydrogens (tertiary/aromatic N) is 1. The number of halogens is 1. The number of aryl methyl sites for hydroxylation is 1. The van der Waals surface area contributed by atoms with Crippen LogP contribution in [0.1, 0.15) is 25.3 Å². The predicted molar refractivity (Wildman–Crippen MR) is 101 cm³/mol. The summed E-state index contributed by atoms with van der Waals surface area (Å²) in [4.78, 5) is 12.4. The third-order valence-electron chi connectivity index (χ3n) is 4.42. The van der Waals surface area contributed by atoms with Gasteiger partial charge in [0.05, 0.1) is 4.90 Å². The molecule has 142 valence electrons. The number of amides is 1. The summed E-state index contributed by atoms with van der Waals surface area (Å²) in [6.07, 6.45) is 1.28. The first-order valence-corrected chi connectivity index (χ1v) is 9.80. The van der Waals surface area contributed by atoms with E-state index < -0.39 is 10.0 Å². The van der Waals surface area contributed by atoms with E-state index in [1.165, 1.54) is 4.31 Å². The SMILES string of the molecule is CNCC(C)C(=O)NC1CCN(S(=O)(=O)c2ccc(C)cc2)CC1.Cl. The molecule has 0 spiro atoms. The Bertz CT molecular complexity index is 656. The van der Waals surface area contributed by atoms with E-state index in [1.807, 2.05) is 33.0 Å². The maximum Gasteiger partial charge on any atom is 0.243 e. The van der Waals surface area contributed by atoms with Crippen molar-refractivity contribution in [2.75, 3.05) is 26.7 Å². The van der Waals surface area contributed by atoms with Gasteiger partial charge in [-0.3, -0.25) is 4.79 Å². The van der Waals surface area contributed by atoms with Crippen LogP contribution in [0.5, 0.6) is 0 Å². The van der Waals surface area contributed by atoms with Gasteiger partial charge in [-0.1, -0.05) is 24.6 Å². The van der Waals surface area contributed by atoms with Crippen molar-refractivity contribution in [2.45, 2.75) is 37.6 Å². The van der Waals surface area contributed by atoms with Gasteiger partial charge in [-0.25, -0.2) is 8.42 Å². The highest BCUT2D eigenvalue weighted by Gasteiger charge is 2.30. The van der Waals surface area contributed by atoms with E-state index in [2.05, 4.69) is 10.6 Å². The number of sulfonamides is 1. The van der Waals surface area contributed by atoms with E-state index in [0.29, 0.717) is 37.4 Å². The Hall–Kier alpha value is -1.15. The molecule has 1 unspecified atom stereocenters. The van der Waals surface area contributed by atoms with Gasteiger partial charge < -0.3 is 10.6 Å². The summed E-state index contributed by atoms with van der Waals surface area (Å²) in [5.41, 5.74) is 1.03. The molecule has 1 heterocycles. The monoisotopic (exact) mass is 389 g/mol. The zero-order chi connectivity index (χ0) is 17.7. The molecule has 2 rings (SSSR count). The second-order valence-electron chi connectivity index (χ2n) is 6.46. The van der Waals surface area contributed by atoms with Crippen molar-refractivity contribution in [1.29, 1.82) is 0 Å². The van der Waals surface area contributed by atoms with Crippen LogP contribution in [0.3, 0.4) is 0 Å². The summed E-state index contributed by atoms with van der Waals surface area (Å²) in [7, 11) is -1.63. The summed E-state index contributed by atoms with van der Waals surface area (Å²) >= 11 is 0. The number of piperidine rings is 1. The molecular formula is C17H28ClN3O3S. The average Bonchev–Trinajstić information content (AvgIpc) is 2.56. The molecule has 1 atom stereocenters. The van der Waals surface area contributed by atoms with Gasteiger partial charge in [0.25, 0.3) is 0 Å². The third kappa shape index (κ3) is 5.67. The molecule has 1 aliphatic heterocycles. The predicted octanol–water partition coefficient (Wildman–Crippen LogP) is 1.54. The van der Waals surface area contributed by atoms with E-state index >= 15 is 0 Å². The summed E-state index contributed by atoms with van der Waals surface area (Å²) in [5, 5.41) is 6.01. The van der Waals surface area contributed by atoms with Gasteiger partial charge in [0.2, 0.25) is 15.9 Å². The topological polar surface area (TPSA) is 78.5 Å². The Kier molecular flexibility index (Phi) is 8.34. The van der Waals surface area contributed by atoms with Gasteiger partial charge in [-0.05, 0) is 38.9 Å². The van der Waals surface area contributed by atoms with Crippen molar-refractivity contribution in [1.82, 2.24) is 14.9 Å². The molecule has 0 saturated carbocycles. The first kappa shape index (κ1) is 21.9. The normalized spacial score (nSPS) is 17.6. The Balaban J connectivity index is 0.00000312. The van der Waals surface area contributed by atoms with Gasteiger partial charge in [0.15, 0.2) is 0 Å². The third-order valence-corrected chi connectivity index (χ3v) is 6.33. The van der Waals surface area contributed by atoms with E-state index in [0.717, 1.165) is 5.56 Å². The van der Waals surface area contributed by atoms with Gasteiger partial charge in [0.1, 0.15) is 0 Å². The zero-order valence-corrected chi connectivity index (χ0v) is 16.6. The highest BCUT2D eigenvalue weighted by Crippen LogP contribution is 2.21. The number of benzene rings is 1. The van der Waals surface area contributed by atoms with Gasteiger partial charge in [-0.2, -0.15) is 4.31 Å². The first-order chi connectivity index (χ1) is 11.3. The van der Waals surface area contributed by atoms with Crippen LogP contribution >= 0.6 is 12.4 Å². The summed E-state index contributed by atoms with van der Waals surface area (Å²) in [5.74, 6) is -0.0755. The molecule has 6 nitrogen and oxygen atoms in total. The van der Waals surface area contributed by atoms with Crippen molar-refractivity contribution >= 4 is 28.3 Å². The molecule has 1 aromatic carbocycles. The largest absolute Gasteiger partial charge is 0.353 e. The standard InChI is InChI=1S/C17H27N3O3S.ClH/c1-13-4-6-16(7-5-13)24(22,23)20-10-8-15(9-11-20)19-17(21)14(2)12-18-3;/h4-7,14-15,18H,8-12H2,1-3H3,(H,19,21);1H. The highest BCUT2D eigenvalue weighted by molar-refractivity contribution is 7.89. The van der Waals surface area contributed by atoms with Crippen LogP contribution in [0, 0.1) is 12.8 Å². The summed E-state index contributed by atoms with van der Waals surface area (Å²) in [6.45, 7) is 5.30. The lowest BCUT2D eigenvalue weighted by Gasteiger charge is -2.32. The lowest BCUT2D eigenvalue weighted by atomic mass is 10.0. The molecule has 0 radical (unpaired) electrons. The molecule has 0 aromatic heterocycles. The fraction of sp³-hybridized carbons (Fsp3) is 0.588. The summed E-state index contributed by atoms with van der Waals surface area (Å²) in [6, 6.07) is 6.96. The Morgan fingerprint density at radius 2 is 1.80 bits per heavy atom. The van der Waals surface area contributed by atoms with Crippen molar-refractivity contribution in [3.05, 3.63) is 29.8 Å². The Morgan fingerprint density at radius 1 is 1.24 bits per heavy atom. The molecule has 1 fully saturated rings. The average molecular weight is 390 g/mol.